The fraction of sp³-hybridized carbons (Fsp3) is 0.235. The molecule has 0 aromatic heterocycles. The predicted molar refractivity (Wildman–Crippen MR) is 87.7 cm³/mol. The van der Waals surface area contributed by atoms with E-state index in [9.17, 15) is 4.79 Å². The molecule has 22 heavy (non-hydrogen) atoms. The molecule has 1 amide bonds. The maximum Gasteiger partial charge on any atom is 0.236 e. The van der Waals surface area contributed by atoms with Gasteiger partial charge in [0.2, 0.25) is 5.91 Å². The Balaban J connectivity index is 1.87. The summed E-state index contributed by atoms with van der Waals surface area (Å²) >= 11 is 6.08. The smallest absolute Gasteiger partial charge is 0.236 e. The van der Waals surface area contributed by atoms with E-state index in [4.69, 9.17) is 22.1 Å². The quantitative estimate of drug-likeness (QED) is 0.860. The number of ether oxygens (including phenoxy) is 1. The van der Waals surface area contributed by atoms with Crippen LogP contribution in [-0.2, 0) is 17.9 Å². The first-order valence-corrected chi connectivity index (χ1v) is 7.42. The zero-order valence-corrected chi connectivity index (χ0v) is 13.1. The zero-order chi connectivity index (χ0) is 15.9. The molecular formula is C17H19ClN2O2. The molecule has 0 bridgehead atoms. The lowest BCUT2D eigenvalue weighted by Gasteiger charge is -2.10. The second-order valence-corrected chi connectivity index (χ2v) is 5.44. The second kappa shape index (κ2) is 7.82. The Kier molecular flexibility index (Phi) is 5.81. The van der Waals surface area contributed by atoms with Gasteiger partial charge in [0.1, 0.15) is 12.4 Å². The lowest BCUT2D eigenvalue weighted by Crippen LogP contribution is -2.37. The number of carbonyl (C=O) groups is 1. The minimum Gasteiger partial charge on any atom is -0.489 e. The molecule has 0 spiro atoms. The molecule has 0 fully saturated rings. The van der Waals surface area contributed by atoms with E-state index in [1.54, 1.807) is 6.92 Å². The minimum absolute atomic E-state index is 0.168. The summed E-state index contributed by atoms with van der Waals surface area (Å²) in [6.07, 6.45) is 0. The molecular weight excluding hydrogens is 300 g/mol. The van der Waals surface area contributed by atoms with E-state index < -0.39 is 6.04 Å². The fourth-order valence-electron chi connectivity index (χ4n) is 1.83. The fourth-order valence-corrected chi connectivity index (χ4v) is 2.02. The van der Waals surface area contributed by atoms with Crippen LogP contribution in [0.15, 0.2) is 48.5 Å². The van der Waals surface area contributed by atoms with Crippen molar-refractivity contribution in [3.05, 3.63) is 64.7 Å². The molecule has 4 nitrogen and oxygen atoms in total. The SMILES string of the molecule is CC(N)C(=O)NCc1ccc(OCc2ccccc2Cl)cc1. The number of amides is 1. The van der Waals surface area contributed by atoms with Crippen molar-refractivity contribution in [2.75, 3.05) is 0 Å². The van der Waals surface area contributed by atoms with Crippen molar-refractivity contribution in [1.82, 2.24) is 5.32 Å². The van der Waals surface area contributed by atoms with Crippen molar-refractivity contribution >= 4 is 17.5 Å². The van der Waals surface area contributed by atoms with Gasteiger partial charge in [0.15, 0.2) is 0 Å². The Bertz CT molecular complexity index is 627. The highest BCUT2D eigenvalue weighted by Crippen LogP contribution is 2.18. The van der Waals surface area contributed by atoms with Crippen molar-refractivity contribution in [1.29, 1.82) is 0 Å². The zero-order valence-electron chi connectivity index (χ0n) is 12.4. The summed E-state index contributed by atoms with van der Waals surface area (Å²) in [5.41, 5.74) is 7.42. The molecule has 1 unspecified atom stereocenters. The van der Waals surface area contributed by atoms with Crippen LogP contribution in [0.2, 0.25) is 5.02 Å². The molecule has 0 radical (unpaired) electrons. The van der Waals surface area contributed by atoms with Gasteiger partial charge in [-0.1, -0.05) is 41.9 Å². The van der Waals surface area contributed by atoms with Crippen molar-refractivity contribution < 1.29 is 9.53 Å². The van der Waals surface area contributed by atoms with E-state index in [-0.39, 0.29) is 5.91 Å². The maximum absolute atomic E-state index is 11.4. The Hall–Kier alpha value is -2.04. The van der Waals surface area contributed by atoms with Gasteiger partial charge in [-0.3, -0.25) is 4.79 Å². The molecule has 2 rings (SSSR count). The van der Waals surface area contributed by atoms with E-state index in [2.05, 4.69) is 5.32 Å². The van der Waals surface area contributed by atoms with E-state index >= 15 is 0 Å². The van der Waals surface area contributed by atoms with Crippen LogP contribution < -0.4 is 15.8 Å². The van der Waals surface area contributed by atoms with Crippen LogP contribution in [0.4, 0.5) is 0 Å². The standard InChI is InChI=1S/C17H19ClN2O2/c1-12(19)17(21)20-10-13-6-8-15(9-7-13)22-11-14-4-2-3-5-16(14)18/h2-9,12H,10-11,19H2,1H3,(H,20,21). The summed E-state index contributed by atoms with van der Waals surface area (Å²) in [6.45, 7) is 2.52. The number of halogens is 1. The van der Waals surface area contributed by atoms with Gasteiger partial charge in [-0.2, -0.15) is 0 Å². The van der Waals surface area contributed by atoms with E-state index in [1.165, 1.54) is 0 Å². The van der Waals surface area contributed by atoms with Crippen LogP contribution in [0, 0.1) is 0 Å². The van der Waals surface area contributed by atoms with Crippen molar-refractivity contribution in [2.24, 2.45) is 5.73 Å². The van der Waals surface area contributed by atoms with Crippen LogP contribution in [0.5, 0.6) is 5.75 Å². The highest BCUT2D eigenvalue weighted by molar-refractivity contribution is 6.31. The third kappa shape index (κ3) is 4.76. The lowest BCUT2D eigenvalue weighted by atomic mass is 10.2. The topological polar surface area (TPSA) is 64.4 Å². The van der Waals surface area contributed by atoms with Crippen LogP contribution in [0.3, 0.4) is 0 Å². The van der Waals surface area contributed by atoms with Gasteiger partial charge in [0, 0.05) is 17.1 Å². The Morgan fingerprint density at radius 1 is 1.23 bits per heavy atom. The number of hydrogen-bond acceptors (Lipinski definition) is 3. The lowest BCUT2D eigenvalue weighted by molar-refractivity contribution is -0.122. The van der Waals surface area contributed by atoms with Crippen molar-refractivity contribution in [2.45, 2.75) is 26.1 Å². The molecule has 0 saturated heterocycles. The molecule has 2 aromatic rings. The van der Waals surface area contributed by atoms with E-state index in [0.29, 0.717) is 18.2 Å². The summed E-state index contributed by atoms with van der Waals surface area (Å²) in [5, 5.41) is 3.45. The van der Waals surface area contributed by atoms with Crippen molar-refractivity contribution in [3.63, 3.8) is 0 Å². The number of nitrogens with one attached hydrogen (secondary N) is 1. The number of benzene rings is 2. The molecule has 0 heterocycles. The van der Waals surface area contributed by atoms with Gasteiger partial charge < -0.3 is 15.8 Å². The normalized spacial score (nSPS) is 11.8. The van der Waals surface area contributed by atoms with E-state index in [1.807, 2.05) is 48.5 Å². The highest BCUT2D eigenvalue weighted by atomic mass is 35.5. The summed E-state index contributed by atoms with van der Waals surface area (Å²) < 4.78 is 5.70. The van der Waals surface area contributed by atoms with Crippen LogP contribution >= 0.6 is 11.6 Å². The van der Waals surface area contributed by atoms with Crippen LogP contribution in [0.25, 0.3) is 0 Å². The summed E-state index contributed by atoms with van der Waals surface area (Å²) in [5.74, 6) is 0.584. The Morgan fingerprint density at radius 3 is 2.55 bits per heavy atom. The molecule has 5 heteroatoms. The number of nitrogens with two attached hydrogens (primary N) is 1. The first-order chi connectivity index (χ1) is 10.6. The minimum atomic E-state index is -0.502. The predicted octanol–water partition coefficient (Wildman–Crippen LogP) is 2.88. The molecule has 3 N–H and O–H groups in total. The molecule has 0 aliphatic heterocycles. The van der Waals surface area contributed by atoms with Gasteiger partial charge in [-0.15, -0.1) is 0 Å². The Morgan fingerprint density at radius 2 is 1.91 bits per heavy atom. The first-order valence-electron chi connectivity index (χ1n) is 7.04. The summed E-state index contributed by atoms with van der Waals surface area (Å²) in [7, 11) is 0. The number of carbonyl (C=O) groups excluding carboxylic acids is 1. The van der Waals surface area contributed by atoms with Crippen LogP contribution in [0.1, 0.15) is 18.1 Å². The molecule has 1 atom stereocenters. The number of hydrogen-bond donors (Lipinski definition) is 2. The largest absolute Gasteiger partial charge is 0.489 e. The average molecular weight is 319 g/mol. The summed E-state index contributed by atoms with van der Waals surface area (Å²) in [6, 6.07) is 14.6. The van der Waals surface area contributed by atoms with Gasteiger partial charge in [-0.25, -0.2) is 0 Å². The van der Waals surface area contributed by atoms with E-state index in [0.717, 1.165) is 16.9 Å². The molecule has 0 aliphatic rings. The van der Waals surface area contributed by atoms with Gasteiger partial charge in [-0.05, 0) is 30.7 Å². The maximum atomic E-state index is 11.4. The number of rotatable bonds is 6. The third-order valence-electron chi connectivity index (χ3n) is 3.16. The second-order valence-electron chi connectivity index (χ2n) is 5.03. The Labute approximate surface area is 135 Å². The summed E-state index contributed by atoms with van der Waals surface area (Å²) in [4.78, 5) is 11.4. The van der Waals surface area contributed by atoms with Crippen molar-refractivity contribution in [3.8, 4) is 5.75 Å². The van der Waals surface area contributed by atoms with Gasteiger partial charge >= 0.3 is 0 Å². The van der Waals surface area contributed by atoms with Gasteiger partial charge in [0.25, 0.3) is 0 Å². The molecule has 0 aliphatic carbocycles. The van der Waals surface area contributed by atoms with Gasteiger partial charge in [0.05, 0.1) is 6.04 Å². The molecule has 0 saturated carbocycles. The molecule has 2 aromatic carbocycles. The average Bonchev–Trinajstić information content (AvgIpc) is 2.52. The monoisotopic (exact) mass is 318 g/mol. The van der Waals surface area contributed by atoms with Crippen LogP contribution in [-0.4, -0.2) is 11.9 Å². The third-order valence-corrected chi connectivity index (χ3v) is 3.52. The highest BCUT2D eigenvalue weighted by Gasteiger charge is 2.06. The molecule has 116 valence electrons. The first kappa shape index (κ1) is 16.3.